The highest BCUT2D eigenvalue weighted by Gasteiger charge is 2.24. The first kappa shape index (κ1) is 12.9. The van der Waals surface area contributed by atoms with Gasteiger partial charge in [-0.1, -0.05) is 34.1 Å². The first-order valence-corrected chi connectivity index (χ1v) is 7.62. The van der Waals surface area contributed by atoms with Crippen molar-refractivity contribution in [1.29, 1.82) is 0 Å². The number of aryl methyl sites for hydroxylation is 1. The summed E-state index contributed by atoms with van der Waals surface area (Å²) in [6, 6.07) is 11.2. The Kier molecular flexibility index (Phi) is 3.76. The zero-order valence-corrected chi connectivity index (χ0v) is 12.6. The molecule has 1 N–H and O–H groups in total. The van der Waals surface area contributed by atoms with Gasteiger partial charge in [-0.05, 0) is 37.5 Å². The highest BCUT2D eigenvalue weighted by Crippen LogP contribution is 2.33. The lowest BCUT2D eigenvalue weighted by atomic mass is 9.92. The molecule has 2 atom stereocenters. The van der Waals surface area contributed by atoms with E-state index in [9.17, 15) is 0 Å². The van der Waals surface area contributed by atoms with Gasteiger partial charge in [0.2, 0.25) is 0 Å². The predicted molar refractivity (Wildman–Crippen MR) is 80.1 cm³/mol. The molecule has 3 rings (SSSR count). The summed E-state index contributed by atoms with van der Waals surface area (Å²) in [4.78, 5) is 0. The molecule has 1 heterocycles. The van der Waals surface area contributed by atoms with Crippen LogP contribution in [0.5, 0.6) is 0 Å². The molecule has 100 valence electrons. The van der Waals surface area contributed by atoms with Crippen molar-refractivity contribution in [3.63, 3.8) is 0 Å². The van der Waals surface area contributed by atoms with Crippen molar-refractivity contribution in [2.75, 3.05) is 0 Å². The minimum Gasteiger partial charge on any atom is -0.469 e. The number of nitrogens with one attached hydrogen (secondary N) is 1. The topological polar surface area (TPSA) is 25.2 Å². The van der Waals surface area contributed by atoms with E-state index in [1.165, 1.54) is 28.4 Å². The fraction of sp³-hybridized carbons (Fsp3) is 0.375. The van der Waals surface area contributed by atoms with Crippen LogP contribution in [0.15, 0.2) is 45.5 Å². The van der Waals surface area contributed by atoms with E-state index < -0.39 is 0 Å². The Labute approximate surface area is 122 Å². The van der Waals surface area contributed by atoms with Crippen LogP contribution >= 0.6 is 15.9 Å². The molecule has 1 aliphatic rings. The minimum absolute atomic E-state index is 0.321. The average Bonchev–Trinajstić information content (AvgIpc) is 2.88. The molecule has 1 aromatic carbocycles. The van der Waals surface area contributed by atoms with Gasteiger partial charge < -0.3 is 9.73 Å². The van der Waals surface area contributed by atoms with Gasteiger partial charge in [0.05, 0.1) is 6.26 Å². The van der Waals surface area contributed by atoms with Gasteiger partial charge in [0.15, 0.2) is 0 Å². The molecule has 0 aliphatic heterocycles. The van der Waals surface area contributed by atoms with Crippen molar-refractivity contribution >= 4 is 15.9 Å². The second-order valence-corrected chi connectivity index (χ2v) is 6.01. The maximum atomic E-state index is 5.55. The summed E-state index contributed by atoms with van der Waals surface area (Å²) in [5.74, 6) is 1.16. The number of fused-ring (bicyclic) bond motifs is 1. The summed E-state index contributed by atoms with van der Waals surface area (Å²) in [7, 11) is 0. The van der Waals surface area contributed by atoms with Gasteiger partial charge >= 0.3 is 0 Å². The molecule has 2 aromatic rings. The van der Waals surface area contributed by atoms with E-state index in [0.717, 1.165) is 12.2 Å². The largest absolute Gasteiger partial charge is 0.469 e. The summed E-state index contributed by atoms with van der Waals surface area (Å²) in [5, 5.41) is 3.73. The lowest BCUT2D eigenvalue weighted by Gasteiger charge is -2.27. The Morgan fingerprint density at radius 1 is 1.32 bits per heavy atom. The van der Waals surface area contributed by atoms with E-state index in [2.05, 4.69) is 58.5 Å². The molecule has 2 nitrogen and oxygen atoms in total. The molecule has 3 heteroatoms. The third kappa shape index (κ3) is 2.63. The van der Waals surface area contributed by atoms with Crippen molar-refractivity contribution in [2.24, 2.45) is 0 Å². The van der Waals surface area contributed by atoms with Gasteiger partial charge in [-0.2, -0.15) is 0 Å². The Morgan fingerprint density at radius 2 is 2.16 bits per heavy atom. The van der Waals surface area contributed by atoms with Crippen LogP contribution < -0.4 is 5.32 Å². The number of hydrogen-bond acceptors (Lipinski definition) is 2. The van der Waals surface area contributed by atoms with Crippen LogP contribution in [0.2, 0.25) is 0 Å². The monoisotopic (exact) mass is 319 g/mol. The smallest absolute Gasteiger partial charge is 0.108 e. The van der Waals surface area contributed by atoms with Gasteiger partial charge in [0.25, 0.3) is 0 Å². The second kappa shape index (κ2) is 5.51. The van der Waals surface area contributed by atoms with E-state index in [1.807, 2.05) is 6.26 Å². The van der Waals surface area contributed by atoms with Crippen molar-refractivity contribution in [1.82, 2.24) is 5.32 Å². The quantitative estimate of drug-likeness (QED) is 0.881. The van der Waals surface area contributed by atoms with Gasteiger partial charge in [-0.3, -0.25) is 0 Å². The van der Waals surface area contributed by atoms with E-state index >= 15 is 0 Å². The number of hydrogen-bond donors (Lipinski definition) is 1. The lowest BCUT2D eigenvalue weighted by Crippen LogP contribution is -2.27. The molecule has 0 spiro atoms. The molecule has 0 fully saturated rings. The van der Waals surface area contributed by atoms with Gasteiger partial charge in [-0.25, -0.2) is 0 Å². The third-order valence-electron chi connectivity index (χ3n) is 3.87. The number of furan rings is 1. The summed E-state index contributed by atoms with van der Waals surface area (Å²) in [6.45, 7) is 2.22. The van der Waals surface area contributed by atoms with Crippen molar-refractivity contribution in [3.05, 3.63) is 58.0 Å². The molecule has 0 saturated heterocycles. The van der Waals surface area contributed by atoms with E-state index in [1.54, 1.807) is 0 Å². The van der Waals surface area contributed by atoms with Crippen LogP contribution in [0.1, 0.15) is 48.7 Å². The predicted octanol–water partition coefficient (Wildman–Crippen LogP) is 4.77. The molecule has 0 amide bonds. The highest BCUT2D eigenvalue weighted by molar-refractivity contribution is 9.10. The summed E-state index contributed by atoms with van der Waals surface area (Å²) in [6.07, 6.45) is 5.26. The van der Waals surface area contributed by atoms with Crippen LogP contribution in [-0.4, -0.2) is 0 Å². The summed E-state index contributed by atoms with van der Waals surface area (Å²) >= 11 is 3.63. The molecule has 0 bridgehead atoms. The Balaban J connectivity index is 1.78. The van der Waals surface area contributed by atoms with Crippen LogP contribution in [0.25, 0.3) is 0 Å². The van der Waals surface area contributed by atoms with E-state index in [-0.39, 0.29) is 0 Å². The maximum Gasteiger partial charge on any atom is 0.108 e. The Bertz CT molecular complexity index is 563. The van der Waals surface area contributed by atoms with Crippen LogP contribution in [0.3, 0.4) is 0 Å². The van der Waals surface area contributed by atoms with Crippen LogP contribution in [-0.2, 0) is 6.42 Å². The van der Waals surface area contributed by atoms with Gasteiger partial charge in [0, 0.05) is 28.5 Å². The molecule has 0 radical (unpaired) electrons. The maximum absolute atomic E-state index is 5.55. The normalized spacial score (nSPS) is 20.0. The van der Waals surface area contributed by atoms with Crippen molar-refractivity contribution < 1.29 is 4.42 Å². The minimum atomic E-state index is 0.321. The number of benzene rings is 1. The lowest BCUT2D eigenvalue weighted by molar-refractivity contribution is 0.385. The van der Waals surface area contributed by atoms with E-state index in [0.29, 0.717) is 12.1 Å². The molecule has 1 aromatic heterocycles. The molecule has 1 unspecified atom stereocenters. The highest BCUT2D eigenvalue weighted by atomic mass is 79.9. The second-order valence-electron chi connectivity index (χ2n) is 5.15. The third-order valence-corrected chi connectivity index (χ3v) is 4.60. The zero-order chi connectivity index (χ0) is 13.2. The molecular formula is C16H18BrNO. The molecule has 1 aliphatic carbocycles. The average molecular weight is 320 g/mol. The SMILES string of the molecule is C[C@@H](NC1CCCc2occc21)c1ccccc1Br. The van der Waals surface area contributed by atoms with Gasteiger partial charge in [0.1, 0.15) is 5.76 Å². The van der Waals surface area contributed by atoms with Crippen LogP contribution in [0, 0.1) is 0 Å². The Hall–Kier alpha value is -1.06. The van der Waals surface area contributed by atoms with Crippen molar-refractivity contribution in [3.8, 4) is 0 Å². The Morgan fingerprint density at radius 3 is 3.00 bits per heavy atom. The summed E-state index contributed by atoms with van der Waals surface area (Å²) < 4.78 is 6.71. The molecular weight excluding hydrogens is 302 g/mol. The number of rotatable bonds is 3. The first-order chi connectivity index (χ1) is 9.25. The van der Waals surface area contributed by atoms with Crippen molar-refractivity contribution in [2.45, 2.75) is 38.3 Å². The van der Waals surface area contributed by atoms with Gasteiger partial charge in [-0.15, -0.1) is 0 Å². The standard InChI is InChI=1S/C16H18BrNO/c1-11(12-5-2-3-6-14(12)17)18-15-7-4-8-16-13(15)9-10-19-16/h2-3,5-6,9-11,15,18H,4,7-8H2,1H3/t11-,15?/m1/s1. The first-order valence-electron chi connectivity index (χ1n) is 6.82. The number of halogens is 1. The summed E-state index contributed by atoms with van der Waals surface area (Å²) in [5.41, 5.74) is 2.64. The zero-order valence-electron chi connectivity index (χ0n) is 11.0. The molecule has 0 saturated carbocycles. The van der Waals surface area contributed by atoms with E-state index in [4.69, 9.17) is 4.42 Å². The fourth-order valence-electron chi connectivity index (χ4n) is 2.88. The van der Waals surface area contributed by atoms with Crippen LogP contribution in [0.4, 0.5) is 0 Å². The fourth-order valence-corrected chi connectivity index (χ4v) is 3.51. The molecule has 19 heavy (non-hydrogen) atoms.